The second-order valence-corrected chi connectivity index (χ2v) is 8.69. The molecule has 0 radical (unpaired) electrons. The maximum atomic E-state index is 6.06. The second-order valence-electron chi connectivity index (χ2n) is 5.22. The van der Waals surface area contributed by atoms with Crippen molar-refractivity contribution in [1.29, 1.82) is 0 Å². The summed E-state index contributed by atoms with van der Waals surface area (Å²) in [6.45, 7) is 10.6. The largest absolute Gasteiger partial charge is 0.394 e. The van der Waals surface area contributed by atoms with Crippen molar-refractivity contribution < 1.29 is 4.43 Å². The molecule has 0 fully saturated rings. The Labute approximate surface area is 93.9 Å². The highest BCUT2D eigenvalue weighted by Crippen LogP contribution is 2.19. The highest BCUT2D eigenvalue weighted by Gasteiger charge is 2.28. The van der Waals surface area contributed by atoms with Crippen LogP contribution >= 0.6 is 0 Å². The predicted molar refractivity (Wildman–Crippen MR) is 68.4 cm³/mol. The maximum absolute atomic E-state index is 6.06. The average Bonchev–Trinajstić information content (AvgIpc) is 1.99. The number of anilines is 1. The van der Waals surface area contributed by atoms with Gasteiger partial charge in [-0.3, -0.25) is 0 Å². The van der Waals surface area contributed by atoms with Crippen LogP contribution in [0.1, 0.15) is 20.8 Å². The maximum Gasteiger partial charge on any atom is 0.292 e. The van der Waals surface area contributed by atoms with Crippen LogP contribution in [0.2, 0.25) is 13.1 Å². The summed E-state index contributed by atoms with van der Waals surface area (Å²) in [7, 11) is -1.83. The highest BCUT2D eigenvalue weighted by atomic mass is 28.4. The third-order valence-electron chi connectivity index (χ3n) is 1.78. The van der Waals surface area contributed by atoms with Crippen LogP contribution in [-0.2, 0) is 4.43 Å². The molecule has 1 aromatic rings. The van der Waals surface area contributed by atoms with Crippen molar-refractivity contribution in [1.82, 2.24) is 0 Å². The molecule has 2 nitrogen and oxygen atoms in total. The van der Waals surface area contributed by atoms with Gasteiger partial charge in [-0.05, 0) is 46.0 Å². The lowest BCUT2D eigenvalue weighted by Crippen LogP contribution is -2.46. The molecule has 0 aliphatic carbocycles. The van der Waals surface area contributed by atoms with Crippen LogP contribution in [0.15, 0.2) is 30.3 Å². The molecule has 0 aromatic heterocycles. The first kappa shape index (κ1) is 12.3. The quantitative estimate of drug-likeness (QED) is 0.790. The molecule has 0 amide bonds. The lowest BCUT2D eigenvalue weighted by atomic mass is 10.2. The molecule has 1 aromatic carbocycles. The van der Waals surface area contributed by atoms with Crippen molar-refractivity contribution in [2.45, 2.75) is 39.5 Å². The smallest absolute Gasteiger partial charge is 0.292 e. The molecule has 15 heavy (non-hydrogen) atoms. The van der Waals surface area contributed by atoms with Gasteiger partial charge < -0.3 is 9.41 Å². The summed E-state index contributed by atoms with van der Waals surface area (Å²) in [4.78, 5) is 3.49. The summed E-state index contributed by atoms with van der Waals surface area (Å²) < 4.78 is 6.06. The third-order valence-corrected chi connectivity index (χ3v) is 3.79. The van der Waals surface area contributed by atoms with Crippen molar-refractivity contribution in [2.75, 3.05) is 4.98 Å². The van der Waals surface area contributed by atoms with Crippen molar-refractivity contribution in [3.8, 4) is 0 Å². The third kappa shape index (κ3) is 5.00. The summed E-state index contributed by atoms with van der Waals surface area (Å²) in [5, 5.41) is 0. The van der Waals surface area contributed by atoms with E-state index in [4.69, 9.17) is 4.43 Å². The molecule has 1 N–H and O–H groups in total. The molecule has 0 saturated heterocycles. The van der Waals surface area contributed by atoms with Gasteiger partial charge >= 0.3 is 0 Å². The van der Waals surface area contributed by atoms with E-state index in [0.29, 0.717) is 0 Å². The number of para-hydroxylation sites is 1. The topological polar surface area (TPSA) is 21.3 Å². The Morgan fingerprint density at radius 3 is 2.07 bits per heavy atom. The van der Waals surface area contributed by atoms with Gasteiger partial charge in [-0.1, -0.05) is 18.2 Å². The Morgan fingerprint density at radius 1 is 1.07 bits per heavy atom. The van der Waals surface area contributed by atoms with E-state index in [1.807, 2.05) is 18.2 Å². The highest BCUT2D eigenvalue weighted by molar-refractivity contribution is 6.74. The summed E-state index contributed by atoms with van der Waals surface area (Å²) >= 11 is 0. The SMILES string of the molecule is CC(C)(C)O[Si](C)(C)Nc1ccccc1. The molecule has 84 valence electrons. The van der Waals surface area contributed by atoms with Crippen LogP contribution in [0.5, 0.6) is 0 Å². The molecule has 1 rings (SSSR count). The lowest BCUT2D eigenvalue weighted by molar-refractivity contribution is 0.122. The Hall–Kier alpha value is -0.803. The zero-order valence-corrected chi connectivity index (χ0v) is 11.3. The number of hydrogen-bond donors (Lipinski definition) is 1. The average molecular weight is 223 g/mol. The molecule has 0 atom stereocenters. The van der Waals surface area contributed by atoms with E-state index in [1.165, 1.54) is 0 Å². The van der Waals surface area contributed by atoms with Crippen LogP contribution in [0.25, 0.3) is 0 Å². The standard InChI is InChI=1S/C12H21NOSi/c1-12(2,3)14-15(4,5)13-11-9-7-6-8-10-11/h6-10,13H,1-5H3. The monoisotopic (exact) mass is 223 g/mol. The van der Waals surface area contributed by atoms with E-state index in [-0.39, 0.29) is 5.60 Å². The Morgan fingerprint density at radius 2 is 1.60 bits per heavy atom. The van der Waals surface area contributed by atoms with Gasteiger partial charge in [0.15, 0.2) is 0 Å². The zero-order valence-electron chi connectivity index (χ0n) is 10.3. The zero-order chi connectivity index (χ0) is 11.5. The molecule has 0 aliphatic heterocycles. The van der Waals surface area contributed by atoms with E-state index in [2.05, 4.69) is 51.0 Å². The summed E-state index contributed by atoms with van der Waals surface area (Å²) in [6, 6.07) is 10.2. The van der Waals surface area contributed by atoms with Crippen molar-refractivity contribution >= 4 is 14.2 Å². The minimum absolute atomic E-state index is 0.0858. The number of nitrogens with one attached hydrogen (secondary N) is 1. The van der Waals surface area contributed by atoms with Gasteiger partial charge in [-0.15, -0.1) is 0 Å². The lowest BCUT2D eigenvalue weighted by Gasteiger charge is -2.33. The van der Waals surface area contributed by atoms with Crippen LogP contribution in [0.4, 0.5) is 5.69 Å². The number of hydrogen-bond acceptors (Lipinski definition) is 2. The van der Waals surface area contributed by atoms with Gasteiger partial charge in [-0.25, -0.2) is 0 Å². The van der Waals surface area contributed by atoms with E-state index in [9.17, 15) is 0 Å². The predicted octanol–water partition coefficient (Wildman–Crippen LogP) is 3.62. The molecule has 0 spiro atoms. The molecular formula is C12H21NOSi. The van der Waals surface area contributed by atoms with Crippen molar-refractivity contribution in [3.05, 3.63) is 30.3 Å². The van der Waals surface area contributed by atoms with Crippen LogP contribution in [0, 0.1) is 0 Å². The molecule has 0 unspecified atom stereocenters. The van der Waals surface area contributed by atoms with E-state index >= 15 is 0 Å². The van der Waals surface area contributed by atoms with Crippen molar-refractivity contribution in [3.63, 3.8) is 0 Å². The molecular weight excluding hydrogens is 202 g/mol. The normalized spacial score (nSPS) is 12.6. The van der Waals surface area contributed by atoms with Gasteiger partial charge in [0.05, 0.1) is 0 Å². The van der Waals surface area contributed by atoms with Gasteiger partial charge in [0.25, 0.3) is 8.48 Å². The Bertz CT molecular complexity index is 303. The van der Waals surface area contributed by atoms with Crippen LogP contribution in [-0.4, -0.2) is 14.1 Å². The minimum atomic E-state index is -1.83. The minimum Gasteiger partial charge on any atom is -0.394 e. The van der Waals surface area contributed by atoms with Crippen molar-refractivity contribution in [2.24, 2.45) is 0 Å². The fourth-order valence-corrected chi connectivity index (χ4v) is 4.10. The molecule has 3 heteroatoms. The first-order chi connectivity index (χ1) is 6.79. The van der Waals surface area contributed by atoms with Gasteiger partial charge in [0.2, 0.25) is 0 Å². The van der Waals surface area contributed by atoms with E-state index in [0.717, 1.165) is 5.69 Å². The Balaban J connectivity index is 2.65. The van der Waals surface area contributed by atoms with Crippen LogP contribution in [0.3, 0.4) is 0 Å². The van der Waals surface area contributed by atoms with Gasteiger partial charge in [0, 0.05) is 11.3 Å². The van der Waals surface area contributed by atoms with E-state index in [1.54, 1.807) is 0 Å². The summed E-state index contributed by atoms with van der Waals surface area (Å²) in [5.41, 5.74) is 1.05. The van der Waals surface area contributed by atoms with Gasteiger partial charge in [0.1, 0.15) is 0 Å². The Kier molecular flexibility index (Phi) is 3.57. The molecule has 0 bridgehead atoms. The van der Waals surface area contributed by atoms with Gasteiger partial charge in [-0.2, -0.15) is 0 Å². The summed E-state index contributed by atoms with van der Waals surface area (Å²) in [6.07, 6.45) is 0. The van der Waals surface area contributed by atoms with E-state index < -0.39 is 8.48 Å². The number of rotatable bonds is 3. The first-order valence-corrected chi connectivity index (χ1v) is 8.23. The van der Waals surface area contributed by atoms with Crippen LogP contribution < -0.4 is 4.98 Å². The molecule has 0 saturated carbocycles. The second kappa shape index (κ2) is 4.37. The summed E-state index contributed by atoms with van der Waals surface area (Å²) in [5.74, 6) is 0. The number of benzene rings is 1. The fourth-order valence-electron chi connectivity index (χ4n) is 1.66. The fraction of sp³-hybridized carbons (Fsp3) is 0.500. The first-order valence-electron chi connectivity index (χ1n) is 5.32. The molecule has 0 heterocycles. The molecule has 0 aliphatic rings.